The highest BCUT2D eigenvalue weighted by Crippen LogP contribution is 2.07. The van der Waals surface area contributed by atoms with Gasteiger partial charge in [0.2, 0.25) is 5.91 Å². The fraction of sp³-hybridized carbons (Fsp3) is 0.444. The molecule has 0 spiro atoms. The minimum atomic E-state index is -0.381. The molecule has 0 aliphatic rings. The largest absolute Gasteiger partial charge is 0.469 e. The summed E-state index contributed by atoms with van der Waals surface area (Å²) in [4.78, 5) is 25.5. The molecule has 5 heteroatoms. The third-order valence-electron chi connectivity index (χ3n) is 3.47. The van der Waals surface area contributed by atoms with Crippen LogP contribution < -0.4 is 0 Å². The Hall–Kier alpha value is -2.14. The number of carbonyl (C=O) groups is 2. The smallest absolute Gasteiger partial charge is 0.310 e. The van der Waals surface area contributed by atoms with Crippen molar-refractivity contribution in [1.82, 2.24) is 4.90 Å². The van der Waals surface area contributed by atoms with Crippen molar-refractivity contribution in [2.75, 3.05) is 33.9 Å². The van der Waals surface area contributed by atoms with Gasteiger partial charge >= 0.3 is 5.97 Å². The maximum absolute atomic E-state index is 12.4. The zero-order chi connectivity index (χ0) is 17.2. The second kappa shape index (κ2) is 9.79. The minimum absolute atomic E-state index is 0.154. The molecular formula is C18H25NO4. The number of carbonyl (C=O) groups excluding carboxylic acids is 2. The van der Waals surface area contributed by atoms with Crippen LogP contribution in [-0.2, 0) is 19.1 Å². The number of nitrogens with zero attached hydrogens (tertiary/aromatic N) is 1. The van der Waals surface area contributed by atoms with E-state index in [9.17, 15) is 9.59 Å². The van der Waals surface area contributed by atoms with E-state index in [1.165, 1.54) is 18.7 Å². The molecule has 1 atom stereocenters. The van der Waals surface area contributed by atoms with Crippen molar-refractivity contribution in [2.24, 2.45) is 5.92 Å². The Balaban J connectivity index is 2.74. The molecule has 0 radical (unpaired) electrons. The Kier molecular flexibility index (Phi) is 8.05. The Morgan fingerprint density at radius 2 is 1.87 bits per heavy atom. The maximum atomic E-state index is 12.4. The molecule has 23 heavy (non-hydrogen) atoms. The summed E-state index contributed by atoms with van der Waals surface area (Å²) in [7, 11) is 2.92. The summed E-state index contributed by atoms with van der Waals surface area (Å²) >= 11 is 0. The van der Waals surface area contributed by atoms with Crippen LogP contribution >= 0.6 is 0 Å². The number of ether oxygens (including phenoxy) is 2. The van der Waals surface area contributed by atoms with Crippen molar-refractivity contribution in [1.29, 1.82) is 0 Å². The van der Waals surface area contributed by atoms with Crippen LogP contribution in [0.2, 0.25) is 0 Å². The van der Waals surface area contributed by atoms with Crippen LogP contribution in [0.15, 0.2) is 30.3 Å². The van der Waals surface area contributed by atoms with Crippen LogP contribution in [0.25, 0.3) is 6.08 Å². The van der Waals surface area contributed by atoms with E-state index in [0.717, 1.165) is 5.56 Å². The molecule has 1 aromatic carbocycles. The lowest BCUT2D eigenvalue weighted by Crippen LogP contribution is -2.38. The standard InChI is InChI=1S/C18H25NO4/c1-14-5-7-16(8-6-14)9-10-17(20)19(11-12-22-3)13-15(2)18(21)23-4/h5-10,15H,11-13H2,1-4H3/b10-9+. The van der Waals surface area contributed by atoms with E-state index >= 15 is 0 Å². The van der Waals surface area contributed by atoms with Gasteiger partial charge in [0, 0.05) is 26.3 Å². The molecule has 126 valence electrons. The van der Waals surface area contributed by atoms with Gasteiger partial charge in [-0.1, -0.05) is 36.8 Å². The summed E-state index contributed by atoms with van der Waals surface area (Å²) in [6, 6.07) is 7.89. The molecule has 1 amide bonds. The van der Waals surface area contributed by atoms with Crippen molar-refractivity contribution in [3.8, 4) is 0 Å². The lowest BCUT2D eigenvalue weighted by atomic mass is 10.1. The van der Waals surface area contributed by atoms with Crippen LogP contribution in [0.1, 0.15) is 18.1 Å². The Labute approximate surface area is 137 Å². The highest BCUT2D eigenvalue weighted by atomic mass is 16.5. The molecule has 0 aliphatic carbocycles. The summed E-state index contributed by atoms with van der Waals surface area (Å²) in [6.45, 7) is 4.89. The van der Waals surface area contributed by atoms with Crippen molar-refractivity contribution >= 4 is 18.0 Å². The van der Waals surface area contributed by atoms with E-state index in [1.807, 2.05) is 31.2 Å². The highest BCUT2D eigenvalue weighted by molar-refractivity contribution is 5.92. The molecule has 0 N–H and O–H groups in total. The van der Waals surface area contributed by atoms with Crippen molar-refractivity contribution < 1.29 is 19.1 Å². The molecule has 1 aromatic rings. The second-order valence-corrected chi connectivity index (χ2v) is 5.45. The molecule has 0 bridgehead atoms. The molecule has 0 heterocycles. The third-order valence-corrected chi connectivity index (χ3v) is 3.47. The monoisotopic (exact) mass is 319 g/mol. The number of amides is 1. The van der Waals surface area contributed by atoms with Gasteiger partial charge in [0.25, 0.3) is 0 Å². The predicted octanol–water partition coefficient (Wildman–Crippen LogP) is 2.29. The van der Waals surface area contributed by atoms with E-state index in [2.05, 4.69) is 0 Å². The lowest BCUT2D eigenvalue weighted by Gasteiger charge is -2.23. The van der Waals surface area contributed by atoms with E-state index < -0.39 is 0 Å². The van der Waals surface area contributed by atoms with Gasteiger partial charge in [-0.05, 0) is 18.6 Å². The first-order valence-corrected chi connectivity index (χ1v) is 7.58. The quantitative estimate of drug-likeness (QED) is 0.545. The molecule has 1 unspecified atom stereocenters. The van der Waals surface area contributed by atoms with Crippen molar-refractivity contribution in [3.05, 3.63) is 41.5 Å². The van der Waals surface area contributed by atoms with Gasteiger partial charge in [-0.15, -0.1) is 0 Å². The van der Waals surface area contributed by atoms with Gasteiger partial charge in [0.05, 0.1) is 19.6 Å². The normalized spacial score (nSPS) is 12.2. The van der Waals surface area contributed by atoms with Gasteiger partial charge in [-0.25, -0.2) is 0 Å². The molecular weight excluding hydrogens is 294 g/mol. The minimum Gasteiger partial charge on any atom is -0.469 e. The number of hydrogen-bond donors (Lipinski definition) is 0. The number of methoxy groups -OCH3 is 2. The summed E-state index contributed by atoms with van der Waals surface area (Å²) in [6.07, 6.45) is 3.29. The Morgan fingerprint density at radius 3 is 2.43 bits per heavy atom. The van der Waals surface area contributed by atoms with Gasteiger partial charge in [0.1, 0.15) is 0 Å². The number of hydrogen-bond acceptors (Lipinski definition) is 4. The fourth-order valence-corrected chi connectivity index (χ4v) is 2.05. The first-order chi connectivity index (χ1) is 11.0. The maximum Gasteiger partial charge on any atom is 0.310 e. The molecule has 1 rings (SSSR count). The zero-order valence-electron chi connectivity index (χ0n) is 14.2. The number of esters is 1. The van der Waals surface area contributed by atoms with E-state index in [-0.39, 0.29) is 17.8 Å². The van der Waals surface area contributed by atoms with Crippen LogP contribution in [0.5, 0.6) is 0 Å². The SMILES string of the molecule is COCCN(CC(C)C(=O)OC)C(=O)/C=C/c1ccc(C)cc1. The molecule has 5 nitrogen and oxygen atoms in total. The highest BCUT2D eigenvalue weighted by Gasteiger charge is 2.20. The molecule has 0 aromatic heterocycles. The first-order valence-electron chi connectivity index (χ1n) is 7.58. The lowest BCUT2D eigenvalue weighted by molar-refractivity contribution is -0.146. The second-order valence-electron chi connectivity index (χ2n) is 5.45. The van der Waals surface area contributed by atoms with Gasteiger partial charge in [-0.2, -0.15) is 0 Å². The summed E-state index contributed by atoms with van der Waals surface area (Å²) < 4.78 is 9.74. The van der Waals surface area contributed by atoms with Crippen molar-refractivity contribution in [2.45, 2.75) is 13.8 Å². The van der Waals surface area contributed by atoms with Crippen LogP contribution in [0.4, 0.5) is 0 Å². The van der Waals surface area contributed by atoms with E-state index in [1.54, 1.807) is 25.0 Å². The summed E-state index contributed by atoms with van der Waals surface area (Å²) in [5.41, 5.74) is 2.12. The number of aryl methyl sites for hydroxylation is 1. The average Bonchev–Trinajstić information content (AvgIpc) is 2.56. The topological polar surface area (TPSA) is 55.8 Å². The Morgan fingerprint density at radius 1 is 1.22 bits per heavy atom. The number of benzene rings is 1. The molecule has 0 aliphatic heterocycles. The number of rotatable bonds is 8. The third kappa shape index (κ3) is 6.65. The van der Waals surface area contributed by atoms with Gasteiger partial charge in [0.15, 0.2) is 0 Å². The molecule has 0 fully saturated rings. The summed E-state index contributed by atoms with van der Waals surface area (Å²) in [5.74, 6) is -0.866. The molecule has 0 saturated heterocycles. The fourth-order valence-electron chi connectivity index (χ4n) is 2.05. The van der Waals surface area contributed by atoms with E-state index in [4.69, 9.17) is 9.47 Å². The van der Waals surface area contributed by atoms with Gasteiger partial charge < -0.3 is 14.4 Å². The average molecular weight is 319 g/mol. The Bertz CT molecular complexity index is 536. The first kappa shape index (κ1) is 18.9. The summed E-state index contributed by atoms with van der Waals surface area (Å²) in [5, 5.41) is 0. The van der Waals surface area contributed by atoms with Crippen molar-refractivity contribution in [3.63, 3.8) is 0 Å². The van der Waals surface area contributed by atoms with Gasteiger partial charge in [-0.3, -0.25) is 9.59 Å². The zero-order valence-corrected chi connectivity index (χ0v) is 14.2. The molecule has 0 saturated carbocycles. The van der Waals surface area contributed by atoms with Crippen LogP contribution in [0, 0.1) is 12.8 Å². The van der Waals surface area contributed by atoms with Crippen LogP contribution in [0.3, 0.4) is 0 Å². The predicted molar refractivity (Wildman–Crippen MR) is 89.8 cm³/mol. The van der Waals surface area contributed by atoms with Crippen LogP contribution in [-0.4, -0.2) is 50.7 Å². The van der Waals surface area contributed by atoms with E-state index in [0.29, 0.717) is 19.7 Å².